The highest BCUT2D eigenvalue weighted by Gasteiger charge is 2.51. The Balaban J connectivity index is 2.60. The van der Waals surface area contributed by atoms with Gasteiger partial charge in [-0.2, -0.15) is 8.78 Å². The van der Waals surface area contributed by atoms with E-state index < -0.39 is 18.3 Å². The SMILES string of the molecule is CN(C)C(=O)C1CCN(C(=O)C(F)(F)C(F)F)CC1. The third kappa shape index (κ3) is 3.36. The van der Waals surface area contributed by atoms with Crippen molar-refractivity contribution in [3.8, 4) is 0 Å². The van der Waals surface area contributed by atoms with Gasteiger partial charge in [-0.1, -0.05) is 0 Å². The van der Waals surface area contributed by atoms with Gasteiger partial charge in [0.25, 0.3) is 5.91 Å². The van der Waals surface area contributed by atoms with Crippen molar-refractivity contribution in [2.24, 2.45) is 5.92 Å². The topological polar surface area (TPSA) is 40.6 Å². The van der Waals surface area contributed by atoms with Crippen molar-refractivity contribution < 1.29 is 27.2 Å². The standard InChI is InChI=1S/C11H16F4N2O2/c1-16(2)8(18)7-3-5-17(6-4-7)10(19)11(14,15)9(12)13/h7,9H,3-6H2,1-2H3. The van der Waals surface area contributed by atoms with E-state index in [1.807, 2.05) is 0 Å². The van der Waals surface area contributed by atoms with Crippen LogP contribution in [-0.4, -0.2) is 61.1 Å². The molecule has 19 heavy (non-hydrogen) atoms. The van der Waals surface area contributed by atoms with E-state index in [2.05, 4.69) is 0 Å². The van der Waals surface area contributed by atoms with E-state index in [4.69, 9.17) is 0 Å². The Morgan fingerprint density at radius 3 is 2.05 bits per heavy atom. The van der Waals surface area contributed by atoms with Gasteiger partial charge in [0, 0.05) is 33.1 Å². The number of likely N-dealkylation sites (tertiary alicyclic amines) is 1. The minimum absolute atomic E-state index is 0.106. The summed E-state index contributed by atoms with van der Waals surface area (Å²) in [5, 5.41) is 0. The average Bonchev–Trinajstić information content (AvgIpc) is 2.36. The van der Waals surface area contributed by atoms with Gasteiger partial charge in [0.1, 0.15) is 0 Å². The lowest BCUT2D eigenvalue weighted by atomic mass is 9.95. The van der Waals surface area contributed by atoms with Crippen LogP contribution < -0.4 is 0 Å². The first-order valence-corrected chi connectivity index (χ1v) is 5.84. The van der Waals surface area contributed by atoms with Crippen molar-refractivity contribution in [1.82, 2.24) is 9.80 Å². The van der Waals surface area contributed by atoms with Crippen LogP contribution in [0.2, 0.25) is 0 Å². The molecule has 1 fully saturated rings. The maximum absolute atomic E-state index is 12.9. The van der Waals surface area contributed by atoms with Gasteiger partial charge in [-0.05, 0) is 12.8 Å². The van der Waals surface area contributed by atoms with E-state index in [9.17, 15) is 27.2 Å². The number of piperidine rings is 1. The molecule has 0 saturated carbocycles. The average molecular weight is 284 g/mol. The van der Waals surface area contributed by atoms with Crippen LogP contribution in [0.25, 0.3) is 0 Å². The van der Waals surface area contributed by atoms with Crippen LogP contribution in [0.1, 0.15) is 12.8 Å². The number of alkyl halides is 4. The molecule has 0 N–H and O–H groups in total. The molecule has 2 amide bonds. The van der Waals surface area contributed by atoms with Crippen molar-refractivity contribution in [2.75, 3.05) is 27.2 Å². The number of rotatable bonds is 3. The molecule has 0 aromatic heterocycles. The summed E-state index contributed by atoms with van der Waals surface area (Å²) < 4.78 is 49.9. The largest absolute Gasteiger partial charge is 0.383 e. The molecule has 0 bridgehead atoms. The molecular formula is C11H16F4N2O2. The molecule has 8 heteroatoms. The summed E-state index contributed by atoms with van der Waals surface area (Å²) in [5.41, 5.74) is 0. The van der Waals surface area contributed by atoms with E-state index in [0.717, 1.165) is 0 Å². The summed E-state index contributed by atoms with van der Waals surface area (Å²) in [5.74, 6) is -7.01. The Labute approximate surface area is 108 Å². The fourth-order valence-electron chi connectivity index (χ4n) is 2.00. The van der Waals surface area contributed by atoms with Crippen LogP contribution in [-0.2, 0) is 9.59 Å². The Hall–Kier alpha value is -1.34. The summed E-state index contributed by atoms with van der Waals surface area (Å²) in [4.78, 5) is 25.0. The highest BCUT2D eigenvalue weighted by molar-refractivity contribution is 5.84. The highest BCUT2D eigenvalue weighted by Crippen LogP contribution is 2.28. The minimum Gasteiger partial charge on any atom is -0.349 e. The Morgan fingerprint density at radius 1 is 1.21 bits per heavy atom. The van der Waals surface area contributed by atoms with Crippen molar-refractivity contribution in [3.05, 3.63) is 0 Å². The highest BCUT2D eigenvalue weighted by atomic mass is 19.3. The number of carbonyl (C=O) groups is 2. The molecule has 4 nitrogen and oxygen atoms in total. The number of hydrogen-bond acceptors (Lipinski definition) is 2. The number of carbonyl (C=O) groups excluding carboxylic acids is 2. The maximum Gasteiger partial charge on any atom is 0.383 e. The lowest BCUT2D eigenvalue weighted by Gasteiger charge is -2.34. The second-order valence-corrected chi connectivity index (χ2v) is 4.72. The fourth-order valence-corrected chi connectivity index (χ4v) is 2.00. The van der Waals surface area contributed by atoms with E-state index in [0.29, 0.717) is 4.90 Å². The molecule has 0 radical (unpaired) electrons. The third-order valence-electron chi connectivity index (χ3n) is 3.13. The van der Waals surface area contributed by atoms with Gasteiger partial charge in [-0.25, -0.2) is 8.78 Å². The first-order valence-electron chi connectivity index (χ1n) is 5.84. The number of halogens is 4. The van der Waals surface area contributed by atoms with Gasteiger partial charge in [0.05, 0.1) is 0 Å². The first kappa shape index (κ1) is 15.7. The molecule has 110 valence electrons. The van der Waals surface area contributed by atoms with E-state index in [-0.39, 0.29) is 37.8 Å². The summed E-state index contributed by atoms with van der Waals surface area (Å²) in [6, 6.07) is 0. The molecule has 1 rings (SSSR count). The zero-order valence-corrected chi connectivity index (χ0v) is 10.7. The first-order chi connectivity index (χ1) is 8.67. The monoisotopic (exact) mass is 284 g/mol. The number of nitrogens with zero attached hydrogens (tertiary/aromatic N) is 2. The summed E-state index contributed by atoms with van der Waals surface area (Å²) in [7, 11) is 3.15. The van der Waals surface area contributed by atoms with Gasteiger partial charge in [-0.15, -0.1) is 0 Å². The van der Waals surface area contributed by atoms with Crippen LogP contribution in [0.4, 0.5) is 17.6 Å². The van der Waals surface area contributed by atoms with Gasteiger partial charge in [0.2, 0.25) is 5.91 Å². The van der Waals surface area contributed by atoms with Crippen LogP contribution in [0.5, 0.6) is 0 Å². The van der Waals surface area contributed by atoms with E-state index in [1.54, 1.807) is 14.1 Å². The predicted octanol–water partition coefficient (Wildman–Crippen LogP) is 1.21. The van der Waals surface area contributed by atoms with Crippen LogP contribution >= 0.6 is 0 Å². The zero-order valence-electron chi connectivity index (χ0n) is 10.7. The van der Waals surface area contributed by atoms with Crippen LogP contribution in [0.3, 0.4) is 0 Å². The lowest BCUT2D eigenvalue weighted by molar-refractivity contribution is -0.182. The summed E-state index contributed by atoms with van der Waals surface area (Å²) in [6.07, 6.45) is -3.59. The second-order valence-electron chi connectivity index (χ2n) is 4.72. The summed E-state index contributed by atoms with van der Waals surface area (Å²) >= 11 is 0. The molecule has 0 aromatic rings. The van der Waals surface area contributed by atoms with E-state index >= 15 is 0 Å². The fraction of sp³-hybridized carbons (Fsp3) is 0.818. The lowest BCUT2D eigenvalue weighted by Crippen LogP contribution is -2.51. The van der Waals surface area contributed by atoms with Gasteiger partial charge < -0.3 is 9.80 Å². The van der Waals surface area contributed by atoms with Crippen molar-refractivity contribution >= 4 is 11.8 Å². The molecule has 1 aliphatic heterocycles. The summed E-state index contributed by atoms with van der Waals surface area (Å²) in [6.45, 7) is -0.212. The van der Waals surface area contributed by atoms with E-state index in [1.165, 1.54) is 4.90 Å². The Morgan fingerprint density at radius 2 is 1.68 bits per heavy atom. The minimum atomic E-state index is -4.65. The molecule has 1 saturated heterocycles. The van der Waals surface area contributed by atoms with Crippen molar-refractivity contribution in [3.63, 3.8) is 0 Å². The molecule has 0 unspecified atom stereocenters. The number of hydrogen-bond donors (Lipinski definition) is 0. The Bertz CT molecular complexity index is 353. The molecule has 0 aromatic carbocycles. The van der Waals surface area contributed by atoms with Gasteiger partial charge in [-0.3, -0.25) is 9.59 Å². The number of amides is 2. The van der Waals surface area contributed by atoms with Crippen molar-refractivity contribution in [1.29, 1.82) is 0 Å². The van der Waals surface area contributed by atoms with Crippen molar-refractivity contribution in [2.45, 2.75) is 25.2 Å². The third-order valence-corrected chi connectivity index (χ3v) is 3.13. The van der Waals surface area contributed by atoms with Gasteiger partial charge >= 0.3 is 12.3 Å². The quantitative estimate of drug-likeness (QED) is 0.731. The van der Waals surface area contributed by atoms with Gasteiger partial charge in [0.15, 0.2) is 0 Å². The molecule has 0 spiro atoms. The normalized spacial score (nSPS) is 17.7. The Kier molecular flexibility index (Phi) is 4.75. The van der Waals surface area contributed by atoms with Crippen LogP contribution in [0.15, 0.2) is 0 Å². The smallest absolute Gasteiger partial charge is 0.349 e. The maximum atomic E-state index is 12.9. The zero-order chi connectivity index (χ0) is 14.8. The molecular weight excluding hydrogens is 268 g/mol. The second kappa shape index (κ2) is 5.75. The molecule has 0 aliphatic carbocycles. The molecule has 1 aliphatic rings. The van der Waals surface area contributed by atoms with Crippen LogP contribution in [0, 0.1) is 5.92 Å². The molecule has 1 heterocycles. The predicted molar refractivity (Wildman–Crippen MR) is 58.9 cm³/mol. The molecule has 0 atom stereocenters.